The van der Waals surface area contributed by atoms with Gasteiger partial charge in [0.2, 0.25) is 5.88 Å². The van der Waals surface area contributed by atoms with E-state index >= 15 is 0 Å². The Morgan fingerprint density at radius 1 is 1.25 bits per heavy atom. The number of ether oxygens (including phenoxy) is 1. The largest absolute Gasteiger partial charge is 0.478 e. The summed E-state index contributed by atoms with van der Waals surface area (Å²) in [4.78, 5) is 4.19. The number of hydrogen-bond acceptors (Lipinski definition) is 3. The summed E-state index contributed by atoms with van der Waals surface area (Å²) < 4.78 is 5.54. The molecular weight excluding hydrogens is 200 g/mol. The Labute approximate surface area is 98.2 Å². The van der Waals surface area contributed by atoms with Crippen LogP contribution in [0.5, 0.6) is 5.88 Å². The summed E-state index contributed by atoms with van der Waals surface area (Å²) in [5, 5.41) is 3.31. The molecule has 1 heterocycles. The van der Waals surface area contributed by atoms with Gasteiger partial charge >= 0.3 is 0 Å². The summed E-state index contributed by atoms with van der Waals surface area (Å²) in [5.74, 6) is 0.734. The van der Waals surface area contributed by atoms with Crippen LogP contribution < -0.4 is 10.1 Å². The van der Waals surface area contributed by atoms with E-state index in [1.165, 1.54) is 12.8 Å². The maximum atomic E-state index is 5.54. The molecule has 16 heavy (non-hydrogen) atoms. The standard InChI is InChI=1S/C13H22N2O/c1-3-14-9-5-4-6-10-16-13-8-7-12(2)11-15-13/h7-8,11,14H,3-6,9-10H2,1-2H3. The zero-order valence-electron chi connectivity index (χ0n) is 10.3. The lowest BCUT2D eigenvalue weighted by Gasteiger charge is -2.05. The minimum atomic E-state index is 0.734. The molecule has 90 valence electrons. The van der Waals surface area contributed by atoms with E-state index in [2.05, 4.69) is 17.2 Å². The summed E-state index contributed by atoms with van der Waals surface area (Å²) in [7, 11) is 0. The Bertz CT molecular complexity index is 272. The molecule has 0 spiro atoms. The second-order valence-corrected chi connectivity index (χ2v) is 3.94. The zero-order valence-corrected chi connectivity index (χ0v) is 10.3. The number of pyridine rings is 1. The number of nitrogens with zero attached hydrogens (tertiary/aromatic N) is 1. The minimum Gasteiger partial charge on any atom is -0.478 e. The third-order valence-corrected chi connectivity index (χ3v) is 2.38. The van der Waals surface area contributed by atoms with Gasteiger partial charge in [-0.1, -0.05) is 13.0 Å². The smallest absolute Gasteiger partial charge is 0.213 e. The highest BCUT2D eigenvalue weighted by Crippen LogP contribution is 2.07. The molecule has 0 saturated heterocycles. The average molecular weight is 222 g/mol. The van der Waals surface area contributed by atoms with E-state index in [-0.39, 0.29) is 0 Å². The van der Waals surface area contributed by atoms with Crippen molar-refractivity contribution < 1.29 is 4.74 Å². The molecule has 0 aromatic carbocycles. The fraction of sp³-hybridized carbons (Fsp3) is 0.615. The summed E-state index contributed by atoms with van der Waals surface area (Å²) in [6, 6.07) is 3.95. The molecule has 1 aromatic rings. The van der Waals surface area contributed by atoms with Crippen molar-refractivity contribution in [1.29, 1.82) is 0 Å². The first kappa shape index (κ1) is 13.0. The van der Waals surface area contributed by atoms with Crippen LogP contribution in [-0.2, 0) is 0 Å². The normalized spacial score (nSPS) is 10.4. The van der Waals surface area contributed by atoms with Gasteiger partial charge in [-0.2, -0.15) is 0 Å². The predicted molar refractivity (Wildman–Crippen MR) is 66.9 cm³/mol. The fourth-order valence-electron chi connectivity index (χ4n) is 1.42. The van der Waals surface area contributed by atoms with Crippen molar-refractivity contribution in [3.63, 3.8) is 0 Å². The topological polar surface area (TPSA) is 34.1 Å². The Hall–Kier alpha value is -1.09. The van der Waals surface area contributed by atoms with Gasteiger partial charge in [0.05, 0.1) is 6.61 Å². The van der Waals surface area contributed by atoms with E-state index in [1.54, 1.807) is 0 Å². The van der Waals surface area contributed by atoms with Gasteiger partial charge in [0.1, 0.15) is 0 Å². The number of nitrogens with one attached hydrogen (secondary N) is 1. The molecule has 0 aliphatic heterocycles. The fourth-order valence-corrected chi connectivity index (χ4v) is 1.42. The third kappa shape index (κ3) is 5.71. The van der Waals surface area contributed by atoms with Crippen molar-refractivity contribution in [3.8, 4) is 5.88 Å². The maximum absolute atomic E-state index is 5.54. The Balaban J connectivity index is 2.01. The van der Waals surface area contributed by atoms with Crippen LogP contribution in [0.3, 0.4) is 0 Å². The van der Waals surface area contributed by atoms with Crippen LogP contribution in [0.15, 0.2) is 18.3 Å². The SMILES string of the molecule is CCNCCCCCOc1ccc(C)cn1. The van der Waals surface area contributed by atoms with Gasteiger partial charge in [0, 0.05) is 12.3 Å². The summed E-state index contributed by atoms with van der Waals surface area (Å²) in [6.07, 6.45) is 5.36. The van der Waals surface area contributed by atoms with Crippen molar-refractivity contribution in [2.75, 3.05) is 19.7 Å². The molecule has 3 heteroatoms. The molecule has 0 unspecified atom stereocenters. The van der Waals surface area contributed by atoms with Crippen molar-refractivity contribution in [2.45, 2.75) is 33.1 Å². The minimum absolute atomic E-state index is 0.734. The first-order chi connectivity index (χ1) is 7.83. The number of rotatable bonds is 8. The summed E-state index contributed by atoms with van der Waals surface area (Å²) in [6.45, 7) is 7.09. The highest BCUT2D eigenvalue weighted by Gasteiger charge is 1.94. The van der Waals surface area contributed by atoms with Crippen molar-refractivity contribution >= 4 is 0 Å². The van der Waals surface area contributed by atoms with Crippen molar-refractivity contribution in [1.82, 2.24) is 10.3 Å². The molecule has 0 aliphatic carbocycles. The van der Waals surface area contributed by atoms with Gasteiger partial charge < -0.3 is 10.1 Å². The first-order valence-electron chi connectivity index (χ1n) is 6.09. The van der Waals surface area contributed by atoms with Crippen LogP contribution in [0.25, 0.3) is 0 Å². The lowest BCUT2D eigenvalue weighted by molar-refractivity contribution is 0.293. The zero-order chi connectivity index (χ0) is 11.6. The molecule has 0 fully saturated rings. The molecule has 0 radical (unpaired) electrons. The van der Waals surface area contributed by atoms with Crippen LogP contribution >= 0.6 is 0 Å². The molecule has 1 N–H and O–H groups in total. The number of aryl methyl sites for hydroxylation is 1. The van der Waals surface area contributed by atoms with Crippen LogP contribution in [0, 0.1) is 6.92 Å². The van der Waals surface area contributed by atoms with E-state index in [0.29, 0.717) is 0 Å². The van der Waals surface area contributed by atoms with E-state index in [0.717, 1.165) is 37.6 Å². The highest BCUT2D eigenvalue weighted by molar-refractivity contribution is 5.16. The molecule has 0 saturated carbocycles. The Kier molecular flexibility index (Phi) is 6.58. The predicted octanol–water partition coefficient (Wildman–Crippen LogP) is 2.55. The molecule has 0 atom stereocenters. The van der Waals surface area contributed by atoms with Crippen LogP contribution in [0.1, 0.15) is 31.7 Å². The number of aromatic nitrogens is 1. The van der Waals surface area contributed by atoms with Gasteiger partial charge in [-0.25, -0.2) is 4.98 Å². The third-order valence-electron chi connectivity index (χ3n) is 2.38. The van der Waals surface area contributed by atoms with Gasteiger partial charge in [-0.3, -0.25) is 0 Å². The molecule has 3 nitrogen and oxygen atoms in total. The number of hydrogen-bond donors (Lipinski definition) is 1. The number of unbranched alkanes of at least 4 members (excludes halogenated alkanes) is 2. The van der Waals surface area contributed by atoms with Crippen molar-refractivity contribution in [2.24, 2.45) is 0 Å². The second kappa shape index (κ2) is 8.11. The van der Waals surface area contributed by atoms with Gasteiger partial charge in [0.15, 0.2) is 0 Å². The lowest BCUT2D eigenvalue weighted by Crippen LogP contribution is -2.14. The van der Waals surface area contributed by atoms with Crippen molar-refractivity contribution in [3.05, 3.63) is 23.9 Å². The average Bonchev–Trinajstić information content (AvgIpc) is 2.30. The molecular formula is C13H22N2O. The van der Waals surface area contributed by atoms with E-state index in [4.69, 9.17) is 4.74 Å². The van der Waals surface area contributed by atoms with Crippen LogP contribution in [-0.4, -0.2) is 24.7 Å². The second-order valence-electron chi connectivity index (χ2n) is 3.94. The molecule has 0 bridgehead atoms. The first-order valence-corrected chi connectivity index (χ1v) is 6.09. The van der Waals surface area contributed by atoms with Gasteiger partial charge in [-0.15, -0.1) is 0 Å². The highest BCUT2D eigenvalue weighted by atomic mass is 16.5. The lowest BCUT2D eigenvalue weighted by atomic mass is 10.2. The van der Waals surface area contributed by atoms with E-state index in [9.17, 15) is 0 Å². The van der Waals surface area contributed by atoms with Crippen LogP contribution in [0.2, 0.25) is 0 Å². The van der Waals surface area contributed by atoms with E-state index in [1.807, 2.05) is 25.3 Å². The Morgan fingerprint density at radius 3 is 2.81 bits per heavy atom. The van der Waals surface area contributed by atoms with Crippen LogP contribution in [0.4, 0.5) is 0 Å². The molecule has 1 rings (SSSR count). The molecule has 1 aromatic heterocycles. The Morgan fingerprint density at radius 2 is 2.12 bits per heavy atom. The maximum Gasteiger partial charge on any atom is 0.213 e. The van der Waals surface area contributed by atoms with Gasteiger partial charge in [0.25, 0.3) is 0 Å². The summed E-state index contributed by atoms with van der Waals surface area (Å²) >= 11 is 0. The molecule has 0 amide bonds. The van der Waals surface area contributed by atoms with E-state index < -0.39 is 0 Å². The molecule has 0 aliphatic rings. The summed E-state index contributed by atoms with van der Waals surface area (Å²) in [5.41, 5.74) is 1.16. The monoisotopic (exact) mass is 222 g/mol. The van der Waals surface area contributed by atoms with Gasteiger partial charge in [-0.05, 0) is 44.8 Å². The quantitative estimate of drug-likeness (QED) is 0.686.